The quantitative estimate of drug-likeness (QED) is 0.272. The van der Waals surface area contributed by atoms with Crippen LogP contribution in [0.1, 0.15) is 73.6 Å². The van der Waals surface area contributed by atoms with Crippen molar-refractivity contribution < 1.29 is 14.3 Å². The molecule has 0 aromatic heterocycles. The van der Waals surface area contributed by atoms with Crippen molar-refractivity contribution in [1.82, 2.24) is 0 Å². The molecule has 23 heavy (non-hydrogen) atoms. The van der Waals surface area contributed by atoms with E-state index in [1.54, 1.807) is 6.08 Å². The van der Waals surface area contributed by atoms with Gasteiger partial charge in [0.25, 0.3) is 0 Å². The van der Waals surface area contributed by atoms with E-state index in [1.807, 2.05) is 19.9 Å². The molecule has 3 heteroatoms. The third-order valence-corrected chi connectivity index (χ3v) is 4.19. The average Bonchev–Trinajstić information content (AvgIpc) is 2.47. The number of ether oxygens (including phenoxy) is 2. The fourth-order valence-electron chi connectivity index (χ4n) is 2.55. The van der Waals surface area contributed by atoms with Crippen molar-refractivity contribution in [3.8, 4) is 0 Å². The van der Waals surface area contributed by atoms with E-state index >= 15 is 0 Å². The zero-order chi connectivity index (χ0) is 17.7. The molecule has 0 aromatic rings. The topological polar surface area (TPSA) is 35.5 Å². The van der Waals surface area contributed by atoms with Crippen molar-refractivity contribution in [1.29, 1.82) is 0 Å². The van der Waals surface area contributed by atoms with E-state index < -0.39 is 0 Å². The number of rotatable bonds is 12. The standard InChI is InChI=1S/C20H36O3/c1-7-20(6,23-9-3)15-11-14-17(4)12-10-13-18(5)16-19(21)22-8-2/h10,13,16-17H,7-9,11-12,14-15H2,1-6H3. The van der Waals surface area contributed by atoms with Crippen LogP contribution in [0.4, 0.5) is 0 Å². The summed E-state index contributed by atoms with van der Waals surface area (Å²) in [5.41, 5.74) is 0.967. The molecule has 134 valence electrons. The molecule has 0 aliphatic rings. The molecule has 3 nitrogen and oxygen atoms in total. The first-order valence-corrected chi connectivity index (χ1v) is 9.02. The van der Waals surface area contributed by atoms with E-state index in [1.165, 1.54) is 12.8 Å². The van der Waals surface area contributed by atoms with E-state index in [2.05, 4.69) is 33.8 Å². The summed E-state index contributed by atoms with van der Waals surface area (Å²) in [6.07, 6.45) is 11.3. The van der Waals surface area contributed by atoms with Crippen LogP contribution in [0.2, 0.25) is 0 Å². The summed E-state index contributed by atoms with van der Waals surface area (Å²) in [7, 11) is 0. The van der Waals surface area contributed by atoms with Crippen molar-refractivity contribution in [2.75, 3.05) is 13.2 Å². The van der Waals surface area contributed by atoms with Gasteiger partial charge in [-0.2, -0.15) is 0 Å². The smallest absolute Gasteiger partial charge is 0.330 e. The molecule has 0 saturated heterocycles. The third-order valence-electron chi connectivity index (χ3n) is 4.19. The molecule has 2 atom stereocenters. The molecule has 0 fully saturated rings. The van der Waals surface area contributed by atoms with Crippen molar-refractivity contribution in [2.24, 2.45) is 5.92 Å². The van der Waals surface area contributed by atoms with Gasteiger partial charge in [-0.05, 0) is 58.4 Å². The molecule has 0 aromatic carbocycles. The van der Waals surface area contributed by atoms with Crippen LogP contribution in [0.15, 0.2) is 23.8 Å². The van der Waals surface area contributed by atoms with E-state index in [4.69, 9.17) is 9.47 Å². The van der Waals surface area contributed by atoms with Gasteiger partial charge < -0.3 is 9.47 Å². The fourth-order valence-corrected chi connectivity index (χ4v) is 2.55. The van der Waals surface area contributed by atoms with Gasteiger partial charge in [0.2, 0.25) is 0 Å². The average molecular weight is 325 g/mol. The van der Waals surface area contributed by atoms with Crippen molar-refractivity contribution in [3.05, 3.63) is 23.8 Å². The Kier molecular flexibility index (Phi) is 11.8. The lowest BCUT2D eigenvalue weighted by molar-refractivity contribution is -0.137. The zero-order valence-electron chi connectivity index (χ0n) is 16.0. The maximum absolute atomic E-state index is 11.3. The van der Waals surface area contributed by atoms with Gasteiger partial charge in [0.1, 0.15) is 0 Å². The molecule has 0 heterocycles. The summed E-state index contributed by atoms with van der Waals surface area (Å²) in [6, 6.07) is 0. The molecule has 2 unspecified atom stereocenters. The molecular weight excluding hydrogens is 288 g/mol. The Hall–Kier alpha value is -1.09. The van der Waals surface area contributed by atoms with Crippen LogP contribution in [0.25, 0.3) is 0 Å². The van der Waals surface area contributed by atoms with E-state index in [-0.39, 0.29) is 11.6 Å². The van der Waals surface area contributed by atoms with Crippen LogP contribution < -0.4 is 0 Å². The SMILES string of the molecule is CCOC(=O)C=C(C)C=CCC(C)CCCC(C)(CC)OCC. The van der Waals surface area contributed by atoms with Gasteiger partial charge in [-0.25, -0.2) is 4.79 Å². The molecule has 0 rings (SSSR count). The minimum Gasteiger partial charge on any atom is -0.463 e. The van der Waals surface area contributed by atoms with Gasteiger partial charge in [0, 0.05) is 12.7 Å². The fraction of sp³-hybridized carbons (Fsp3) is 0.750. The Balaban J connectivity index is 4.09. The van der Waals surface area contributed by atoms with Crippen LogP contribution >= 0.6 is 0 Å². The van der Waals surface area contributed by atoms with Crippen LogP contribution in [-0.2, 0) is 14.3 Å². The zero-order valence-corrected chi connectivity index (χ0v) is 16.0. The number of allylic oxidation sites excluding steroid dienone is 3. The van der Waals surface area contributed by atoms with Gasteiger partial charge >= 0.3 is 5.97 Å². The molecule has 0 N–H and O–H groups in total. The van der Waals surface area contributed by atoms with E-state index in [0.29, 0.717) is 12.5 Å². The second-order valence-corrected chi connectivity index (χ2v) is 6.51. The molecule has 0 aliphatic carbocycles. The van der Waals surface area contributed by atoms with E-state index in [0.717, 1.165) is 31.4 Å². The van der Waals surface area contributed by atoms with Gasteiger partial charge in [-0.1, -0.05) is 38.8 Å². The molecule has 0 aliphatic heterocycles. The number of hydrogen-bond acceptors (Lipinski definition) is 3. The van der Waals surface area contributed by atoms with Crippen molar-refractivity contribution in [3.63, 3.8) is 0 Å². The number of hydrogen-bond donors (Lipinski definition) is 0. The Morgan fingerprint density at radius 1 is 1.22 bits per heavy atom. The lowest BCUT2D eigenvalue weighted by Gasteiger charge is -2.28. The predicted molar refractivity (Wildman–Crippen MR) is 97.5 cm³/mol. The first-order valence-electron chi connectivity index (χ1n) is 9.02. The maximum Gasteiger partial charge on any atom is 0.330 e. The summed E-state index contributed by atoms with van der Waals surface area (Å²) in [5, 5.41) is 0. The van der Waals surface area contributed by atoms with Gasteiger partial charge in [-0.15, -0.1) is 0 Å². The highest BCUT2D eigenvalue weighted by Crippen LogP contribution is 2.24. The molecule has 0 radical (unpaired) electrons. The highest BCUT2D eigenvalue weighted by molar-refractivity contribution is 5.83. The second kappa shape index (κ2) is 12.3. The molecule has 0 saturated carbocycles. The second-order valence-electron chi connectivity index (χ2n) is 6.51. The minimum atomic E-state index is -0.266. The monoisotopic (exact) mass is 324 g/mol. The van der Waals surface area contributed by atoms with Crippen LogP contribution in [-0.4, -0.2) is 24.8 Å². The summed E-state index contributed by atoms with van der Waals surface area (Å²) in [5.74, 6) is 0.377. The van der Waals surface area contributed by atoms with Crippen LogP contribution in [0.3, 0.4) is 0 Å². The summed E-state index contributed by atoms with van der Waals surface area (Å²) < 4.78 is 10.8. The van der Waals surface area contributed by atoms with Gasteiger partial charge in [0.15, 0.2) is 0 Å². The molecule has 0 bridgehead atoms. The first-order chi connectivity index (χ1) is 10.9. The van der Waals surface area contributed by atoms with Crippen LogP contribution in [0.5, 0.6) is 0 Å². The molecule has 0 spiro atoms. The largest absolute Gasteiger partial charge is 0.463 e. The normalized spacial score (nSPS) is 16.3. The highest BCUT2D eigenvalue weighted by atomic mass is 16.5. The van der Waals surface area contributed by atoms with E-state index in [9.17, 15) is 4.79 Å². The highest BCUT2D eigenvalue weighted by Gasteiger charge is 2.21. The Bertz CT molecular complexity index is 384. The first kappa shape index (κ1) is 21.9. The van der Waals surface area contributed by atoms with Gasteiger partial charge in [-0.3, -0.25) is 0 Å². The third kappa shape index (κ3) is 11.1. The lowest BCUT2D eigenvalue weighted by Crippen LogP contribution is -2.27. The minimum absolute atomic E-state index is 0.0310. The van der Waals surface area contributed by atoms with Crippen LogP contribution in [0, 0.1) is 5.92 Å². The summed E-state index contributed by atoms with van der Waals surface area (Å²) in [4.78, 5) is 11.3. The predicted octanol–water partition coefficient (Wildman–Crippen LogP) is 5.45. The van der Waals surface area contributed by atoms with Crippen molar-refractivity contribution in [2.45, 2.75) is 79.2 Å². The van der Waals surface area contributed by atoms with Gasteiger partial charge in [0.05, 0.1) is 12.2 Å². The Morgan fingerprint density at radius 3 is 2.48 bits per heavy atom. The Morgan fingerprint density at radius 2 is 1.91 bits per heavy atom. The lowest BCUT2D eigenvalue weighted by atomic mass is 9.92. The Labute approximate surface area is 143 Å². The van der Waals surface area contributed by atoms with Crippen molar-refractivity contribution >= 4 is 5.97 Å². The summed E-state index contributed by atoms with van der Waals surface area (Å²) >= 11 is 0. The summed E-state index contributed by atoms with van der Waals surface area (Å²) in [6.45, 7) is 13.7. The number of esters is 1. The number of carbonyl (C=O) groups excluding carboxylic acids is 1. The maximum atomic E-state index is 11.3. The molecule has 0 amide bonds. The molecular formula is C20H36O3. The number of carbonyl (C=O) groups is 1.